The van der Waals surface area contributed by atoms with E-state index in [1.807, 2.05) is 59.4 Å². The van der Waals surface area contributed by atoms with Gasteiger partial charge < -0.3 is 15.2 Å². The number of rotatable bonds is 7. The highest BCUT2D eigenvalue weighted by molar-refractivity contribution is 7.97. The standard InChI is InChI=1S/C20H22N4O2S/c1-21-19(25)11-14-7-3-4-8-15(14)23-20(26)12-24-17-10-6-5-9-16(17)22-18(24)13-27-2/h3-10H,11-13H2,1-2H3,(H,21,25)(H,23,26). The number of para-hydroxylation sites is 3. The molecule has 0 saturated heterocycles. The molecule has 3 aromatic rings. The Labute approximate surface area is 162 Å². The van der Waals surface area contributed by atoms with Crippen LogP contribution in [0, 0.1) is 0 Å². The highest BCUT2D eigenvalue weighted by Gasteiger charge is 2.15. The molecule has 3 rings (SSSR count). The Balaban J connectivity index is 1.82. The second-order valence-corrected chi connectivity index (χ2v) is 6.96. The van der Waals surface area contributed by atoms with Gasteiger partial charge in [-0.1, -0.05) is 30.3 Å². The summed E-state index contributed by atoms with van der Waals surface area (Å²) in [5.74, 6) is 1.36. The van der Waals surface area contributed by atoms with Crippen LogP contribution in [0.1, 0.15) is 11.4 Å². The average molecular weight is 382 g/mol. The molecule has 0 spiro atoms. The zero-order valence-electron chi connectivity index (χ0n) is 15.4. The number of likely N-dealkylation sites (N-methyl/N-ethyl adjacent to an activating group) is 1. The molecule has 0 aliphatic carbocycles. The van der Waals surface area contributed by atoms with Crippen molar-refractivity contribution in [2.24, 2.45) is 0 Å². The largest absolute Gasteiger partial charge is 0.359 e. The van der Waals surface area contributed by atoms with E-state index in [-0.39, 0.29) is 24.8 Å². The molecule has 140 valence electrons. The maximum Gasteiger partial charge on any atom is 0.244 e. The molecule has 1 heterocycles. The minimum absolute atomic E-state index is 0.0976. The predicted octanol–water partition coefficient (Wildman–Crippen LogP) is 2.83. The monoisotopic (exact) mass is 382 g/mol. The Morgan fingerprint density at radius 1 is 1.07 bits per heavy atom. The second kappa shape index (κ2) is 8.73. The first-order valence-corrected chi connectivity index (χ1v) is 10.0. The molecule has 7 heteroatoms. The Bertz CT molecular complexity index is 968. The predicted molar refractivity (Wildman–Crippen MR) is 110 cm³/mol. The maximum absolute atomic E-state index is 12.7. The van der Waals surface area contributed by atoms with E-state index < -0.39 is 0 Å². The molecule has 2 amide bonds. The van der Waals surface area contributed by atoms with Gasteiger partial charge in [-0.3, -0.25) is 9.59 Å². The van der Waals surface area contributed by atoms with E-state index in [2.05, 4.69) is 15.6 Å². The summed E-state index contributed by atoms with van der Waals surface area (Å²) < 4.78 is 1.95. The number of hydrogen-bond acceptors (Lipinski definition) is 4. The fourth-order valence-electron chi connectivity index (χ4n) is 2.93. The third kappa shape index (κ3) is 4.49. The number of nitrogens with zero attached hydrogens (tertiary/aromatic N) is 2. The lowest BCUT2D eigenvalue weighted by atomic mass is 10.1. The fraction of sp³-hybridized carbons (Fsp3) is 0.250. The Morgan fingerprint density at radius 3 is 2.59 bits per heavy atom. The summed E-state index contributed by atoms with van der Waals surface area (Å²) in [6.07, 6.45) is 2.23. The van der Waals surface area contributed by atoms with Crippen LogP contribution in [-0.4, -0.2) is 34.7 Å². The molecule has 2 aromatic carbocycles. The summed E-state index contributed by atoms with van der Waals surface area (Å²) >= 11 is 1.67. The summed E-state index contributed by atoms with van der Waals surface area (Å²) in [6.45, 7) is 0.171. The van der Waals surface area contributed by atoms with Crippen molar-refractivity contribution in [3.63, 3.8) is 0 Å². The van der Waals surface area contributed by atoms with Crippen molar-refractivity contribution in [3.05, 3.63) is 59.9 Å². The van der Waals surface area contributed by atoms with Gasteiger partial charge in [0.1, 0.15) is 12.4 Å². The van der Waals surface area contributed by atoms with Gasteiger partial charge in [0, 0.05) is 12.7 Å². The van der Waals surface area contributed by atoms with Gasteiger partial charge in [0.2, 0.25) is 11.8 Å². The van der Waals surface area contributed by atoms with Crippen LogP contribution in [0.25, 0.3) is 11.0 Å². The van der Waals surface area contributed by atoms with Crippen LogP contribution < -0.4 is 10.6 Å². The summed E-state index contributed by atoms with van der Waals surface area (Å²) in [5.41, 5.74) is 3.26. The molecule has 1 aromatic heterocycles. The third-order valence-electron chi connectivity index (χ3n) is 4.23. The van der Waals surface area contributed by atoms with Crippen LogP contribution in [0.4, 0.5) is 5.69 Å². The van der Waals surface area contributed by atoms with E-state index in [0.29, 0.717) is 5.69 Å². The lowest BCUT2D eigenvalue weighted by molar-refractivity contribution is -0.120. The molecule has 0 fully saturated rings. The highest BCUT2D eigenvalue weighted by atomic mass is 32.2. The van der Waals surface area contributed by atoms with Crippen molar-refractivity contribution in [2.45, 2.75) is 18.7 Å². The van der Waals surface area contributed by atoms with E-state index >= 15 is 0 Å². The molecule has 0 bridgehead atoms. The van der Waals surface area contributed by atoms with Gasteiger partial charge >= 0.3 is 0 Å². The zero-order chi connectivity index (χ0) is 19.2. The van der Waals surface area contributed by atoms with Gasteiger partial charge in [0.05, 0.1) is 23.2 Å². The average Bonchev–Trinajstić information content (AvgIpc) is 3.01. The van der Waals surface area contributed by atoms with Crippen LogP contribution in [0.5, 0.6) is 0 Å². The summed E-state index contributed by atoms with van der Waals surface area (Å²) in [5, 5.41) is 5.54. The molecular formula is C20H22N4O2S. The van der Waals surface area contributed by atoms with Crippen LogP contribution in [-0.2, 0) is 28.3 Å². The normalized spacial score (nSPS) is 10.7. The molecule has 0 aliphatic rings. The van der Waals surface area contributed by atoms with Crippen molar-refractivity contribution < 1.29 is 9.59 Å². The molecule has 6 nitrogen and oxygen atoms in total. The fourth-order valence-corrected chi connectivity index (χ4v) is 3.41. The number of imidazole rings is 1. The Kier molecular flexibility index (Phi) is 6.13. The van der Waals surface area contributed by atoms with Gasteiger partial charge in [-0.15, -0.1) is 0 Å². The number of thioether (sulfide) groups is 1. The number of nitrogens with one attached hydrogen (secondary N) is 2. The highest BCUT2D eigenvalue weighted by Crippen LogP contribution is 2.20. The molecule has 2 N–H and O–H groups in total. The molecular weight excluding hydrogens is 360 g/mol. The number of hydrogen-bond donors (Lipinski definition) is 2. The van der Waals surface area contributed by atoms with Gasteiger partial charge in [0.25, 0.3) is 0 Å². The maximum atomic E-state index is 12.7. The van der Waals surface area contributed by atoms with Crippen molar-refractivity contribution in [1.29, 1.82) is 0 Å². The van der Waals surface area contributed by atoms with E-state index in [9.17, 15) is 9.59 Å². The minimum atomic E-state index is -0.148. The molecule has 27 heavy (non-hydrogen) atoms. The molecule has 0 saturated carbocycles. The number of benzene rings is 2. The smallest absolute Gasteiger partial charge is 0.244 e. The first kappa shape index (κ1) is 19.0. The number of amides is 2. The van der Waals surface area contributed by atoms with Crippen molar-refractivity contribution in [2.75, 3.05) is 18.6 Å². The van der Waals surface area contributed by atoms with Gasteiger partial charge in [0.15, 0.2) is 0 Å². The van der Waals surface area contributed by atoms with Crippen molar-refractivity contribution in [1.82, 2.24) is 14.9 Å². The van der Waals surface area contributed by atoms with E-state index in [1.54, 1.807) is 18.8 Å². The number of carbonyl (C=O) groups is 2. The number of carbonyl (C=O) groups excluding carboxylic acids is 2. The van der Waals surface area contributed by atoms with Crippen LogP contribution in [0.3, 0.4) is 0 Å². The van der Waals surface area contributed by atoms with Gasteiger partial charge in [-0.2, -0.15) is 11.8 Å². The SMILES string of the molecule is CNC(=O)Cc1ccccc1NC(=O)Cn1c(CSC)nc2ccccc21. The van der Waals surface area contributed by atoms with Crippen LogP contribution in [0.15, 0.2) is 48.5 Å². The lowest BCUT2D eigenvalue weighted by Gasteiger charge is -2.12. The first-order valence-electron chi connectivity index (χ1n) is 8.63. The van der Waals surface area contributed by atoms with Gasteiger partial charge in [-0.05, 0) is 30.0 Å². The van der Waals surface area contributed by atoms with E-state index in [1.165, 1.54) is 0 Å². The number of fused-ring (bicyclic) bond motifs is 1. The van der Waals surface area contributed by atoms with Crippen molar-refractivity contribution in [3.8, 4) is 0 Å². The molecule has 0 atom stereocenters. The third-order valence-corrected chi connectivity index (χ3v) is 4.78. The zero-order valence-corrected chi connectivity index (χ0v) is 16.2. The Morgan fingerprint density at radius 2 is 1.81 bits per heavy atom. The molecule has 0 radical (unpaired) electrons. The quantitative estimate of drug-likeness (QED) is 0.659. The van der Waals surface area contributed by atoms with Crippen LogP contribution >= 0.6 is 11.8 Å². The van der Waals surface area contributed by atoms with E-state index in [0.717, 1.165) is 28.2 Å². The van der Waals surface area contributed by atoms with Gasteiger partial charge in [-0.25, -0.2) is 4.98 Å². The topological polar surface area (TPSA) is 76.0 Å². The van der Waals surface area contributed by atoms with Crippen LogP contribution in [0.2, 0.25) is 0 Å². The second-order valence-electron chi connectivity index (χ2n) is 6.09. The summed E-state index contributed by atoms with van der Waals surface area (Å²) in [6, 6.07) is 15.2. The molecule has 0 aliphatic heterocycles. The van der Waals surface area contributed by atoms with E-state index in [4.69, 9.17) is 0 Å². The molecule has 0 unspecified atom stereocenters. The van der Waals surface area contributed by atoms with Crippen molar-refractivity contribution >= 4 is 40.3 Å². The lowest BCUT2D eigenvalue weighted by Crippen LogP contribution is -2.23. The minimum Gasteiger partial charge on any atom is -0.359 e. The summed E-state index contributed by atoms with van der Waals surface area (Å²) in [4.78, 5) is 29.1. The number of anilines is 1. The Hall–Kier alpha value is -2.80. The summed E-state index contributed by atoms with van der Waals surface area (Å²) in [7, 11) is 1.60. The number of aromatic nitrogens is 2. The first-order chi connectivity index (χ1) is 13.1.